The van der Waals surface area contributed by atoms with Gasteiger partial charge in [-0.05, 0) is 42.5 Å². The average molecular weight is 415 g/mol. The Hall–Kier alpha value is -4.13. The second-order valence-corrected chi connectivity index (χ2v) is 6.83. The summed E-state index contributed by atoms with van der Waals surface area (Å²) >= 11 is 0. The lowest BCUT2D eigenvalue weighted by Gasteiger charge is -2.11. The highest BCUT2D eigenvalue weighted by Gasteiger charge is 2.15. The first-order chi connectivity index (χ1) is 15.1. The third-order valence-corrected chi connectivity index (χ3v) is 4.71. The van der Waals surface area contributed by atoms with Crippen molar-refractivity contribution in [2.24, 2.45) is 0 Å². The molecular weight excluding hydrogens is 394 g/mol. The number of benzene rings is 3. The molecule has 4 aromatic rings. The number of anilines is 1. The number of nitrogens with zero attached hydrogens (tertiary/aromatic N) is 2. The molecule has 0 unspecified atom stereocenters. The molecule has 3 aromatic carbocycles. The number of para-hydroxylation sites is 3. The second-order valence-electron chi connectivity index (χ2n) is 6.83. The molecule has 0 aliphatic heterocycles. The summed E-state index contributed by atoms with van der Waals surface area (Å²) in [7, 11) is 1.32. The zero-order chi connectivity index (χ0) is 21.6. The summed E-state index contributed by atoms with van der Waals surface area (Å²) in [5, 5.41) is 2.83. The minimum Gasteiger partial charge on any atom is -0.486 e. The van der Waals surface area contributed by atoms with Crippen LogP contribution in [-0.4, -0.2) is 28.5 Å². The van der Waals surface area contributed by atoms with Gasteiger partial charge in [-0.25, -0.2) is 9.78 Å². The molecule has 1 heterocycles. The van der Waals surface area contributed by atoms with E-state index < -0.39 is 5.97 Å². The van der Waals surface area contributed by atoms with Gasteiger partial charge in [0.05, 0.1) is 23.7 Å². The van der Waals surface area contributed by atoms with Crippen LogP contribution in [0.2, 0.25) is 0 Å². The molecular formula is C24H21N3O4. The molecule has 0 saturated heterocycles. The maximum atomic E-state index is 12.8. The van der Waals surface area contributed by atoms with Gasteiger partial charge in [-0.15, -0.1) is 0 Å². The number of hydrogen-bond acceptors (Lipinski definition) is 5. The smallest absolute Gasteiger partial charge is 0.337 e. The lowest BCUT2D eigenvalue weighted by atomic mass is 10.2. The molecule has 0 spiro atoms. The Kier molecular flexibility index (Phi) is 5.93. The molecule has 7 heteroatoms. The molecule has 0 bridgehead atoms. The van der Waals surface area contributed by atoms with Crippen molar-refractivity contribution in [2.45, 2.75) is 13.2 Å². The SMILES string of the molecule is COC(=O)c1cccc(NC(=O)Cn2c(COc3ccccc3)nc3ccccc32)c1. The quantitative estimate of drug-likeness (QED) is 0.461. The summed E-state index contributed by atoms with van der Waals surface area (Å²) in [6.45, 7) is 0.278. The van der Waals surface area contributed by atoms with Crippen LogP contribution in [0.15, 0.2) is 78.9 Å². The van der Waals surface area contributed by atoms with Gasteiger partial charge in [0, 0.05) is 5.69 Å². The van der Waals surface area contributed by atoms with Crippen molar-refractivity contribution in [1.29, 1.82) is 0 Å². The number of rotatable bonds is 7. The van der Waals surface area contributed by atoms with Gasteiger partial charge in [0.15, 0.2) is 0 Å². The van der Waals surface area contributed by atoms with E-state index in [9.17, 15) is 9.59 Å². The Morgan fingerprint density at radius 1 is 0.968 bits per heavy atom. The lowest BCUT2D eigenvalue weighted by Crippen LogP contribution is -2.21. The summed E-state index contributed by atoms with van der Waals surface area (Å²) in [6, 6.07) is 23.7. The molecule has 1 amide bonds. The zero-order valence-corrected chi connectivity index (χ0v) is 16.9. The van der Waals surface area contributed by atoms with Crippen molar-refractivity contribution in [3.05, 3.63) is 90.3 Å². The summed E-state index contributed by atoms with van der Waals surface area (Å²) in [6.07, 6.45) is 0. The molecule has 0 saturated carbocycles. The number of nitrogens with one attached hydrogen (secondary N) is 1. The fourth-order valence-corrected chi connectivity index (χ4v) is 3.26. The first kappa shape index (κ1) is 20.2. The Labute approximate surface area is 179 Å². The Bertz CT molecular complexity index is 1220. The van der Waals surface area contributed by atoms with E-state index in [2.05, 4.69) is 10.3 Å². The molecule has 7 nitrogen and oxygen atoms in total. The number of aromatic nitrogens is 2. The maximum Gasteiger partial charge on any atom is 0.337 e. The first-order valence-corrected chi connectivity index (χ1v) is 9.74. The van der Waals surface area contributed by atoms with Gasteiger partial charge in [0.2, 0.25) is 5.91 Å². The van der Waals surface area contributed by atoms with E-state index in [0.717, 1.165) is 16.8 Å². The Morgan fingerprint density at radius 3 is 2.55 bits per heavy atom. The topological polar surface area (TPSA) is 82.5 Å². The van der Waals surface area contributed by atoms with Crippen LogP contribution in [0.5, 0.6) is 5.75 Å². The highest BCUT2D eigenvalue weighted by atomic mass is 16.5. The van der Waals surface area contributed by atoms with Gasteiger partial charge < -0.3 is 19.4 Å². The third-order valence-electron chi connectivity index (χ3n) is 4.71. The number of esters is 1. The lowest BCUT2D eigenvalue weighted by molar-refractivity contribution is -0.116. The number of carbonyl (C=O) groups excluding carboxylic acids is 2. The Balaban J connectivity index is 1.54. The van der Waals surface area contributed by atoms with Crippen LogP contribution in [-0.2, 0) is 22.7 Å². The van der Waals surface area contributed by atoms with E-state index in [1.165, 1.54) is 7.11 Å². The average Bonchev–Trinajstić information content (AvgIpc) is 3.15. The summed E-state index contributed by atoms with van der Waals surface area (Å²) in [4.78, 5) is 29.1. The summed E-state index contributed by atoms with van der Waals surface area (Å²) in [5.74, 6) is 0.664. The number of methoxy groups -OCH3 is 1. The van der Waals surface area contributed by atoms with Crippen molar-refractivity contribution < 1.29 is 19.1 Å². The predicted molar refractivity (Wildman–Crippen MR) is 117 cm³/mol. The molecule has 0 fully saturated rings. The number of carbonyl (C=O) groups is 2. The van der Waals surface area contributed by atoms with Crippen molar-refractivity contribution in [2.75, 3.05) is 12.4 Å². The Morgan fingerprint density at radius 2 is 1.74 bits per heavy atom. The second kappa shape index (κ2) is 9.13. The van der Waals surface area contributed by atoms with Crippen molar-refractivity contribution >= 4 is 28.6 Å². The van der Waals surface area contributed by atoms with Crippen LogP contribution in [0, 0.1) is 0 Å². The molecule has 31 heavy (non-hydrogen) atoms. The van der Waals surface area contributed by atoms with E-state index in [-0.39, 0.29) is 19.1 Å². The number of amides is 1. The van der Waals surface area contributed by atoms with E-state index in [4.69, 9.17) is 9.47 Å². The number of ether oxygens (including phenoxy) is 2. The fraction of sp³-hybridized carbons (Fsp3) is 0.125. The minimum atomic E-state index is -0.461. The van der Waals surface area contributed by atoms with Gasteiger partial charge in [-0.3, -0.25) is 4.79 Å². The highest BCUT2D eigenvalue weighted by molar-refractivity contribution is 5.95. The van der Waals surface area contributed by atoms with Crippen molar-refractivity contribution in [3.8, 4) is 5.75 Å². The van der Waals surface area contributed by atoms with E-state index in [0.29, 0.717) is 17.1 Å². The largest absolute Gasteiger partial charge is 0.486 e. The van der Waals surface area contributed by atoms with E-state index in [1.54, 1.807) is 24.3 Å². The highest BCUT2D eigenvalue weighted by Crippen LogP contribution is 2.19. The fourth-order valence-electron chi connectivity index (χ4n) is 3.26. The molecule has 0 aliphatic rings. The third kappa shape index (κ3) is 4.72. The van der Waals surface area contributed by atoms with Gasteiger partial charge in [0.25, 0.3) is 0 Å². The van der Waals surface area contributed by atoms with Crippen LogP contribution in [0.4, 0.5) is 5.69 Å². The first-order valence-electron chi connectivity index (χ1n) is 9.74. The summed E-state index contributed by atoms with van der Waals surface area (Å²) < 4.78 is 12.4. The predicted octanol–water partition coefficient (Wildman–Crippen LogP) is 4.04. The number of imidazole rings is 1. The molecule has 0 radical (unpaired) electrons. The molecule has 4 rings (SSSR count). The maximum absolute atomic E-state index is 12.8. The molecule has 0 atom stereocenters. The van der Waals surface area contributed by atoms with Gasteiger partial charge in [0.1, 0.15) is 24.7 Å². The molecule has 156 valence electrons. The number of hydrogen-bond donors (Lipinski definition) is 1. The van der Waals surface area contributed by atoms with Crippen LogP contribution in [0.1, 0.15) is 16.2 Å². The molecule has 1 N–H and O–H groups in total. The van der Waals surface area contributed by atoms with Gasteiger partial charge in [-0.1, -0.05) is 36.4 Å². The van der Waals surface area contributed by atoms with E-state index >= 15 is 0 Å². The van der Waals surface area contributed by atoms with Gasteiger partial charge >= 0.3 is 5.97 Å². The molecule has 0 aliphatic carbocycles. The number of fused-ring (bicyclic) bond motifs is 1. The van der Waals surface area contributed by atoms with Crippen molar-refractivity contribution in [3.63, 3.8) is 0 Å². The normalized spacial score (nSPS) is 10.6. The van der Waals surface area contributed by atoms with Crippen LogP contribution < -0.4 is 10.1 Å². The standard InChI is InChI=1S/C24H21N3O4/c1-30-24(29)17-8-7-9-18(14-17)25-23(28)15-27-21-13-6-5-12-20(21)26-22(27)16-31-19-10-3-2-4-11-19/h2-14H,15-16H2,1H3,(H,25,28). The van der Waals surface area contributed by atoms with Crippen molar-refractivity contribution in [1.82, 2.24) is 9.55 Å². The minimum absolute atomic E-state index is 0.0520. The molecule has 1 aromatic heterocycles. The zero-order valence-electron chi connectivity index (χ0n) is 16.9. The monoisotopic (exact) mass is 415 g/mol. The van der Waals surface area contributed by atoms with Crippen LogP contribution in [0.3, 0.4) is 0 Å². The van der Waals surface area contributed by atoms with Gasteiger partial charge in [-0.2, -0.15) is 0 Å². The van der Waals surface area contributed by atoms with E-state index in [1.807, 2.05) is 59.2 Å². The van der Waals surface area contributed by atoms with Crippen LogP contribution >= 0.6 is 0 Å². The van der Waals surface area contributed by atoms with Crippen LogP contribution in [0.25, 0.3) is 11.0 Å². The summed E-state index contributed by atoms with van der Waals surface area (Å²) in [5.41, 5.74) is 2.51.